The summed E-state index contributed by atoms with van der Waals surface area (Å²) in [5, 5.41) is 3.24. The van der Waals surface area contributed by atoms with Crippen LogP contribution >= 0.6 is 0 Å². The molecule has 120 valence electrons. The smallest absolute Gasteiger partial charge is 0.241 e. The fraction of sp³-hybridized carbons (Fsp3) is 0.941. The average Bonchev–Trinajstić information content (AvgIpc) is 2.95. The van der Waals surface area contributed by atoms with E-state index in [-0.39, 0.29) is 29.4 Å². The highest BCUT2D eigenvalue weighted by atomic mass is 16.5. The first kappa shape index (κ1) is 15.3. The van der Waals surface area contributed by atoms with Gasteiger partial charge >= 0.3 is 0 Å². The minimum absolute atomic E-state index is 0.0392. The van der Waals surface area contributed by atoms with Crippen LogP contribution in [0.15, 0.2) is 0 Å². The molecule has 0 spiro atoms. The number of rotatable bonds is 3. The first-order valence-electron chi connectivity index (χ1n) is 8.60. The maximum atomic E-state index is 12.9. The van der Waals surface area contributed by atoms with Crippen molar-refractivity contribution in [3.05, 3.63) is 0 Å². The van der Waals surface area contributed by atoms with E-state index in [2.05, 4.69) is 26.1 Å². The summed E-state index contributed by atoms with van der Waals surface area (Å²) in [5.41, 5.74) is 5.56. The Hall–Kier alpha value is -0.610. The number of amides is 1. The molecule has 3 aliphatic rings. The molecule has 0 aromatic heterocycles. The van der Waals surface area contributed by atoms with Crippen molar-refractivity contribution >= 4 is 5.91 Å². The Labute approximate surface area is 128 Å². The lowest BCUT2D eigenvalue weighted by Crippen LogP contribution is -2.80. The zero-order chi connectivity index (χ0) is 15.3. The Balaban J connectivity index is 1.67. The minimum atomic E-state index is -0.767. The number of nitrogens with one attached hydrogen (secondary N) is 1. The number of hydrogen-bond acceptors (Lipinski definition) is 3. The van der Waals surface area contributed by atoms with Gasteiger partial charge in [0.05, 0.1) is 6.10 Å². The molecule has 3 fully saturated rings. The lowest BCUT2D eigenvalue weighted by atomic mass is 9.48. The summed E-state index contributed by atoms with van der Waals surface area (Å²) >= 11 is 0. The molecule has 3 rings (SSSR count). The molecule has 3 unspecified atom stereocenters. The minimum Gasteiger partial charge on any atom is -0.377 e. The van der Waals surface area contributed by atoms with Gasteiger partial charge in [0.1, 0.15) is 5.54 Å². The van der Waals surface area contributed by atoms with Crippen molar-refractivity contribution < 1.29 is 9.53 Å². The van der Waals surface area contributed by atoms with E-state index in [0.717, 1.165) is 13.0 Å². The molecular weight excluding hydrogens is 264 g/mol. The van der Waals surface area contributed by atoms with Gasteiger partial charge in [-0.05, 0) is 32.1 Å². The molecule has 4 heteroatoms. The third-order valence-corrected chi connectivity index (χ3v) is 6.55. The molecule has 0 aromatic rings. The summed E-state index contributed by atoms with van der Waals surface area (Å²) in [5.74, 6) is 0.841. The SMILES string of the molecule is C[C@@H](NC(=O)C1(N)C2CCOC2C1(C)C)C1CCCCC1. The van der Waals surface area contributed by atoms with Gasteiger partial charge in [-0.15, -0.1) is 0 Å². The summed E-state index contributed by atoms with van der Waals surface area (Å²) < 4.78 is 5.77. The maximum Gasteiger partial charge on any atom is 0.241 e. The highest BCUT2D eigenvalue weighted by molar-refractivity contribution is 5.89. The van der Waals surface area contributed by atoms with Crippen LogP contribution in [0.2, 0.25) is 0 Å². The Morgan fingerprint density at radius 3 is 2.57 bits per heavy atom. The Bertz CT molecular complexity index is 417. The fourth-order valence-electron chi connectivity index (χ4n) is 4.92. The summed E-state index contributed by atoms with van der Waals surface area (Å²) in [6.45, 7) is 7.03. The lowest BCUT2D eigenvalue weighted by Gasteiger charge is -2.61. The van der Waals surface area contributed by atoms with Crippen LogP contribution in [0.4, 0.5) is 0 Å². The van der Waals surface area contributed by atoms with E-state index in [1.54, 1.807) is 0 Å². The van der Waals surface area contributed by atoms with Crippen molar-refractivity contribution in [2.24, 2.45) is 23.0 Å². The van der Waals surface area contributed by atoms with Crippen LogP contribution in [-0.4, -0.2) is 30.2 Å². The van der Waals surface area contributed by atoms with Crippen LogP contribution in [0.1, 0.15) is 59.3 Å². The van der Waals surface area contributed by atoms with Gasteiger partial charge in [0.25, 0.3) is 0 Å². The van der Waals surface area contributed by atoms with E-state index in [1.807, 2.05) is 0 Å². The predicted octanol–water partition coefficient (Wildman–Crippen LogP) is 2.21. The van der Waals surface area contributed by atoms with Crippen LogP contribution in [0.5, 0.6) is 0 Å². The van der Waals surface area contributed by atoms with Crippen molar-refractivity contribution in [3.8, 4) is 0 Å². The van der Waals surface area contributed by atoms with Gasteiger partial charge in [-0.1, -0.05) is 33.1 Å². The molecule has 2 aliphatic carbocycles. The molecule has 0 bridgehead atoms. The van der Waals surface area contributed by atoms with Gasteiger partial charge in [-0.3, -0.25) is 4.79 Å². The standard InChI is InChI=1S/C17H30N2O2/c1-11(12-7-5-4-6-8-12)19-15(20)17(18)13-9-10-21-14(13)16(17,2)3/h11-14H,4-10,18H2,1-3H3,(H,19,20)/t11-,13?,14?,17?/m1/s1. The Morgan fingerprint density at radius 2 is 1.90 bits per heavy atom. The molecule has 1 aliphatic heterocycles. The third kappa shape index (κ3) is 2.14. The molecule has 1 saturated heterocycles. The van der Waals surface area contributed by atoms with Crippen molar-refractivity contribution in [2.75, 3.05) is 6.61 Å². The molecular formula is C17H30N2O2. The van der Waals surface area contributed by atoms with Crippen molar-refractivity contribution in [1.29, 1.82) is 0 Å². The first-order chi connectivity index (χ1) is 9.89. The molecule has 4 nitrogen and oxygen atoms in total. The Morgan fingerprint density at radius 1 is 1.24 bits per heavy atom. The zero-order valence-corrected chi connectivity index (χ0v) is 13.7. The molecule has 1 amide bonds. The lowest BCUT2D eigenvalue weighted by molar-refractivity contribution is -0.176. The van der Waals surface area contributed by atoms with Crippen LogP contribution < -0.4 is 11.1 Å². The van der Waals surface area contributed by atoms with Crippen molar-refractivity contribution in [1.82, 2.24) is 5.32 Å². The number of carbonyl (C=O) groups is 1. The maximum absolute atomic E-state index is 12.9. The monoisotopic (exact) mass is 294 g/mol. The second-order valence-electron chi connectivity index (χ2n) is 7.94. The largest absolute Gasteiger partial charge is 0.377 e. The Kier molecular flexibility index (Phi) is 3.81. The van der Waals surface area contributed by atoms with Gasteiger partial charge < -0.3 is 15.8 Å². The zero-order valence-electron chi connectivity index (χ0n) is 13.7. The van der Waals surface area contributed by atoms with Crippen LogP contribution in [-0.2, 0) is 9.53 Å². The summed E-state index contributed by atoms with van der Waals surface area (Å²) in [6, 6.07) is 0.232. The van der Waals surface area contributed by atoms with E-state index < -0.39 is 5.54 Å². The average molecular weight is 294 g/mol. The molecule has 0 aromatic carbocycles. The molecule has 0 radical (unpaired) electrons. The first-order valence-corrected chi connectivity index (χ1v) is 8.60. The number of hydrogen-bond donors (Lipinski definition) is 2. The third-order valence-electron chi connectivity index (χ3n) is 6.55. The van der Waals surface area contributed by atoms with Crippen LogP contribution in [0, 0.1) is 17.3 Å². The molecule has 21 heavy (non-hydrogen) atoms. The summed E-state index contributed by atoms with van der Waals surface area (Å²) in [7, 11) is 0. The van der Waals surface area contributed by atoms with Gasteiger partial charge in [0, 0.05) is 24.0 Å². The van der Waals surface area contributed by atoms with E-state index in [4.69, 9.17) is 10.5 Å². The quantitative estimate of drug-likeness (QED) is 0.839. The second-order valence-corrected chi connectivity index (χ2v) is 7.94. The number of nitrogens with two attached hydrogens (primary N) is 1. The van der Waals surface area contributed by atoms with E-state index in [0.29, 0.717) is 5.92 Å². The summed E-state index contributed by atoms with van der Waals surface area (Å²) in [6.07, 6.45) is 7.46. The van der Waals surface area contributed by atoms with E-state index in [1.165, 1.54) is 32.1 Å². The number of ether oxygens (including phenoxy) is 1. The number of carbonyl (C=O) groups excluding carboxylic acids is 1. The normalized spacial score (nSPS) is 40.2. The molecule has 2 saturated carbocycles. The van der Waals surface area contributed by atoms with Gasteiger partial charge in [-0.25, -0.2) is 0 Å². The summed E-state index contributed by atoms with van der Waals surface area (Å²) in [4.78, 5) is 12.9. The van der Waals surface area contributed by atoms with Gasteiger partial charge in [0.2, 0.25) is 5.91 Å². The molecule has 3 N–H and O–H groups in total. The highest BCUT2D eigenvalue weighted by Crippen LogP contribution is 2.58. The van der Waals surface area contributed by atoms with Crippen molar-refractivity contribution in [3.63, 3.8) is 0 Å². The topological polar surface area (TPSA) is 64.4 Å². The van der Waals surface area contributed by atoms with E-state index in [9.17, 15) is 4.79 Å². The molecule has 4 atom stereocenters. The van der Waals surface area contributed by atoms with Gasteiger partial charge in [-0.2, -0.15) is 0 Å². The fourth-order valence-corrected chi connectivity index (χ4v) is 4.92. The molecule has 1 heterocycles. The predicted molar refractivity (Wildman–Crippen MR) is 82.7 cm³/mol. The van der Waals surface area contributed by atoms with E-state index >= 15 is 0 Å². The van der Waals surface area contributed by atoms with Crippen LogP contribution in [0.25, 0.3) is 0 Å². The number of fused-ring (bicyclic) bond motifs is 1. The van der Waals surface area contributed by atoms with Crippen molar-refractivity contribution in [2.45, 2.75) is 77.0 Å². The van der Waals surface area contributed by atoms with Gasteiger partial charge in [0.15, 0.2) is 0 Å². The second kappa shape index (κ2) is 5.24. The highest BCUT2D eigenvalue weighted by Gasteiger charge is 2.71. The van der Waals surface area contributed by atoms with Crippen LogP contribution in [0.3, 0.4) is 0 Å².